The molecule has 1 aromatic carbocycles. The fraction of sp³-hybridized carbons (Fsp3) is 0.154. The van der Waals surface area contributed by atoms with Crippen molar-refractivity contribution >= 4 is 22.6 Å². The van der Waals surface area contributed by atoms with Gasteiger partial charge in [0.15, 0.2) is 0 Å². The minimum Gasteiger partial charge on any atom is -0.318 e. The second-order valence-corrected chi connectivity index (χ2v) is 4.67. The van der Waals surface area contributed by atoms with Gasteiger partial charge in [0.2, 0.25) is 0 Å². The SMILES string of the molecule is Cn1ncc(Cl)c1C(N)c1cnc2ccccc2n1. The second kappa shape index (κ2) is 4.60. The van der Waals surface area contributed by atoms with Crippen molar-refractivity contribution in [2.45, 2.75) is 6.04 Å². The summed E-state index contributed by atoms with van der Waals surface area (Å²) in [5.41, 5.74) is 9.26. The topological polar surface area (TPSA) is 69.6 Å². The van der Waals surface area contributed by atoms with E-state index in [1.165, 1.54) is 0 Å². The number of nitrogens with zero attached hydrogens (tertiary/aromatic N) is 4. The number of para-hydroxylation sites is 2. The number of halogens is 1. The molecule has 96 valence electrons. The molecule has 0 saturated heterocycles. The molecule has 3 rings (SSSR count). The molecule has 5 nitrogen and oxygen atoms in total. The lowest BCUT2D eigenvalue weighted by Gasteiger charge is -2.12. The van der Waals surface area contributed by atoms with Crippen molar-refractivity contribution < 1.29 is 0 Å². The molecule has 0 amide bonds. The summed E-state index contributed by atoms with van der Waals surface area (Å²) >= 11 is 6.10. The van der Waals surface area contributed by atoms with Gasteiger partial charge in [-0.3, -0.25) is 9.67 Å². The highest BCUT2D eigenvalue weighted by Crippen LogP contribution is 2.25. The molecule has 0 spiro atoms. The number of hydrogen-bond donors (Lipinski definition) is 1. The van der Waals surface area contributed by atoms with Crippen LogP contribution in [0.25, 0.3) is 11.0 Å². The molecule has 3 aromatic rings. The van der Waals surface area contributed by atoms with Gasteiger partial charge in [-0.25, -0.2) is 4.98 Å². The molecule has 0 aliphatic rings. The van der Waals surface area contributed by atoms with E-state index in [9.17, 15) is 0 Å². The lowest BCUT2D eigenvalue weighted by atomic mass is 10.1. The zero-order valence-electron chi connectivity index (χ0n) is 10.3. The summed E-state index contributed by atoms with van der Waals surface area (Å²) in [5, 5.41) is 4.61. The van der Waals surface area contributed by atoms with Gasteiger partial charge in [-0.1, -0.05) is 23.7 Å². The van der Waals surface area contributed by atoms with Crippen LogP contribution < -0.4 is 5.73 Å². The quantitative estimate of drug-likeness (QED) is 0.776. The number of rotatable bonds is 2. The third kappa shape index (κ3) is 2.07. The summed E-state index contributed by atoms with van der Waals surface area (Å²) in [7, 11) is 1.80. The molecule has 2 aromatic heterocycles. The van der Waals surface area contributed by atoms with Gasteiger partial charge in [0.05, 0.1) is 45.9 Å². The van der Waals surface area contributed by atoms with Crippen molar-refractivity contribution in [2.75, 3.05) is 0 Å². The van der Waals surface area contributed by atoms with Gasteiger partial charge in [0.1, 0.15) is 0 Å². The first-order valence-corrected chi connectivity index (χ1v) is 6.19. The maximum Gasteiger partial charge on any atom is 0.0928 e. The molecule has 0 aliphatic heterocycles. The van der Waals surface area contributed by atoms with Crippen LogP contribution in [0.2, 0.25) is 5.02 Å². The fourth-order valence-corrected chi connectivity index (χ4v) is 2.31. The zero-order valence-corrected chi connectivity index (χ0v) is 11.0. The maximum atomic E-state index is 6.21. The maximum absolute atomic E-state index is 6.21. The van der Waals surface area contributed by atoms with Gasteiger partial charge >= 0.3 is 0 Å². The van der Waals surface area contributed by atoms with Crippen LogP contribution in [-0.2, 0) is 7.05 Å². The number of aryl methyl sites for hydroxylation is 1. The van der Waals surface area contributed by atoms with E-state index >= 15 is 0 Å². The summed E-state index contributed by atoms with van der Waals surface area (Å²) in [6.45, 7) is 0. The van der Waals surface area contributed by atoms with E-state index in [1.807, 2.05) is 24.3 Å². The Labute approximate surface area is 115 Å². The Morgan fingerprint density at radius 2 is 1.95 bits per heavy atom. The van der Waals surface area contributed by atoms with Gasteiger partial charge in [0, 0.05) is 7.05 Å². The Hall–Kier alpha value is -1.98. The molecule has 6 heteroatoms. The number of fused-ring (bicyclic) bond motifs is 1. The zero-order chi connectivity index (χ0) is 13.4. The van der Waals surface area contributed by atoms with Crippen molar-refractivity contribution in [3.63, 3.8) is 0 Å². The predicted molar refractivity (Wildman–Crippen MR) is 73.8 cm³/mol. The average Bonchev–Trinajstić information content (AvgIpc) is 2.77. The molecular formula is C13H12ClN5. The van der Waals surface area contributed by atoms with Crippen LogP contribution in [0.3, 0.4) is 0 Å². The van der Waals surface area contributed by atoms with Crippen molar-refractivity contribution in [1.29, 1.82) is 0 Å². The normalized spacial score (nSPS) is 12.8. The monoisotopic (exact) mass is 273 g/mol. The van der Waals surface area contributed by atoms with Gasteiger partial charge in [-0.2, -0.15) is 5.10 Å². The van der Waals surface area contributed by atoms with Gasteiger partial charge in [0.25, 0.3) is 0 Å². The lowest BCUT2D eigenvalue weighted by Crippen LogP contribution is -2.18. The van der Waals surface area contributed by atoms with E-state index in [2.05, 4.69) is 15.1 Å². The van der Waals surface area contributed by atoms with Crippen LogP contribution in [0.1, 0.15) is 17.4 Å². The Balaban J connectivity index is 2.09. The fourth-order valence-electron chi connectivity index (χ4n) is 2.03. The highest BCUT2D eigenvalue weighted by atomic mass is 35.5. The minimum absolute atomic E-state index is 0.447. The molecule has 0 saturated carbocycles. The number of nitrogens with two attached hydrogens (primary N) is 1. The van der Waals surface area contributed by atoms with Crippen molar-refractivity contribution in [3.05, 3.63) is 53.1 Å². The average molecular weight is 274 g/mol. The Morgan fingerprint density at radius 1 is 1.21 bits per heavy atom. The molecule has 19 heavy (non-hydrogen) atoms. The van der Waals surface area contributed by atoms with Crippen LogP contribution in [0.4, 0.5) is 0 Å². The van der Waals surface area contributed by atoms with Crippen LogP contribution in [0.15, 0.2) is 36.7 Å². The third-order valence-electron chi connectivity index (χ3n) is 3.02. The molecule has 0 radical (unpaired) electrons. The van der Waals surface area contributed by atoms with E-state index in [1.54, 1.807) is 24.1 Å². The molecule has 0 fully saturated rings. The summed E-state index contributed by atoms with van der Waals surface area (Å²) in [6, 6.07) is 7.22. The van der Waals surface area contributed by atoms with E-state index in [4.69, 9.17) is 17.3 Å². The molecule has 1 atom stereocenters. The van der Waals surface area contributed by atoms with Crippen LogP contribution in [0, 0.1) is 0 Å². The standard InChI is InChI=1S/C13H12ClN5/c1-19-13(8(14)6-17-19)12(15)11-7-16-9-4-2-3-5-10(9)18-11/h2-7,12H,15H2,1H3. The molecule has 1 unspecified atom stereocenters. The van der Waals surface area contributed by atoms with Gasteiger partial charge < -0.3 is 5.73 Å². The van der Waals surface area contributed by atoms with Crippen molar-refractivity contribution in [2.24, 2.45) is 12.8 Å². The first-order chi connectivity index (χ1) is 9.16. The molecule has 2 heterocycles. The smallest absolute Gasteiger partial charge is 0.0928 e. The number of benzene rings is 1. The summed E-state index contributed by atoms with van der Waals surface area (Å²) < 4.78 is 1.66. The van der Waals surface area contributed by atoms with E-state index < -0.39 is 6.04 Å². The predicted octanol–water partition coefficient (Wildman–Crippen LogP) is 2.06. The van der Waals surface area contributed by atoms with Gasteiger partial charge in [-0.05, 0) is 12.1 Å². The number of aromatic nitrogens is 4. The van der Waals surface area contributed by atoms with Crippen LogP contribution in [0.5, 0.6) is 0 Å². The molecule has 0 bridgehead atoms. The van der Waals surface area contributed by atoms with E-state index in [-0.39, 0.29) is 0 Å². The molecular weight excluding hydrogens is 262 g/mol. The Bertz CT molecular complexity index is 717. The van der Waals surface area contributed by atoms with Gasteiger partial charge in [-0.15, -0.1) is 0 Å². The van der Waals surface area contributed by atoms with Crippen LogP contribution >= 0.6 is 11.6 Å². The first kappa shape index (κ1) is 12.1. The molecule has 0 aliphatic carbocycles. The number of hydrogen-bond acceptors (Lipinski definition) is 4. The third-order valence-corrected chi connectivity index (χ3v) is 3.31. The largest absolute Gasteiger partial charge is 0.318 e. The van der Waals surface area contributed by atoms with Crippen molar-refractivity contribution in [3.8, 4) is 0 Å². The highest BCUT2D eigenvalue weighted by molar-refractivity contribution is 6.31. The summed E-state index contributed by atoms with van der Waals surface area (Å²) in [4.78, 5) is 8.88. The van der Waals surface area contributed by atoms with Crippen molar-refractivity contribution in [1.82, 2.24) is 19.7 Å². The first-order valence-electron chi connectivity index (χ1n) is 5.81. The van der Waals surface area contributed by atoms with Crippen LogP contribution in [-0.4, -0.2) is 19.7 Å². The summed E-state index contributed by atoms with van der Waals surface area (Å²) in [5.74, 6) is 0. The Kier molecular flexibility index (Phi) is 2.93. The highest BCUT2D eigenvalue weighted by Gasteiger charge is 2.18. The minimum atomic E-state index is -0.447. The second-order valence-electron chi connectivity index (χ2n) is 4.26. The van der Waals surface area contributed by atoms with E-state index in [0.717, 1.165) is 16.7 Å². The molecule has 2 N–H and O–H groups in total. The van der Waals surface area contributed by atoms with E-state index in [0.29, 0.717) is 10.7 Å². The Morgan fingerprint density at radius 3 is 2.63 bits per heavy atom. The lowest BCUT2D eigenvalue weighted by molar-refractivity contribution is 0.664. The summed E-state index contributed by atoms with van der Waals surface area (Å²) in [6.07, 6.45) is 3.25.